The van der Waals surface area contributed by atoms with Crippen LogP contribution in [0.5, 0.6) is 0 Å². The largest absolute Gasteiger partial charge is 0.401 e. The molecule has 106 valence electrons. The van der Waals surface area contributed by atoms with E-state index in [0.29, 0.717) is 18.4 Å². The molecule has 1 aromatic rings. The third-order valence-corrected chi connectivity index (χ3v) is 4.34. The number of benzene rings is 1. The average Bonchev–Trinajstić information content (AvgIpc) is 2.42. The van der Waals surface area contributed by atoms with Crippen LogP contribution < -0.4 is 0 Å². The van der Waals surface area contributed by atoms with Crippen LogP contribution in [0.2, 0.25) is 0 Å². The molecule has 0 spiro atoms. The number of aryl methyl sites for hydroxylation is 1. The summed E-state index contributed by atoms with van der Waals surface area (Å²) in [6.45, 7) is 6.08. The van der Waals surface area contributed by atoms with Crippen molar-refractivity contribution in [3.05, 3.63) is 35.4 Å². The molecule has 0 aromatic heterocycles. The second-order valence-electron chi connectivity index (χ2n) is 4.28. The van der Waals surface area contributed by atoms with Gasteiger partial charge in [0, 0.05) is 5.56 Å². The van der Waals surface area contributed by atoms with Crippen LogP contribution in [0.25, 0.3) is 0 Å². The molecular formula is C14H21O4P. The van der Waals surface area contributed by atoms with Gasteiger partial charge in [-0.25, -0.2) is 0 Å². The molecule has 0 heterocycles. The van der Waals surface area contributed by atoms with Crippen molar-refractivity contribution in [1.29, 1.82) is 0 Å². The van der Waals surface area contributed by atoms with Crippen LogP contribution >= 0.6 is 7.60 Å². The van der Waals surface area contributed by atoms with E-state index in [1.165, 1.54) is 0 Å². The number of carbonyl (C=O) groups is 1. The zero-order valence-corrected chi connectivity index (χ0v) is 12.6. The summed E-state index contributed by atoms with van der Waals surface area (Å²) in [6, 6.07) is 7.02. The Hall–Kier alpha value is -0.960. The van der Waals surface area contributed by atoms with E-state index >= 15 is 0 Å². The number of carbonyl (C=O) groups excluding carboxylic acids is 1. The van der Waals surface area contributed by atoms with Crippen LogP contribution in [0.1, 0.15) is 42.6 Å². The highest BCUT2D eigenvalue weighted by molar-refractivity contribution is 7.72. The summed E-state index contributed by atoms with van der Waals surface area (Å²) in [5, 5.41) is 0. The molecule has 0 unspecified atom stereocenters. The Morgan fingerprint density at radius 3 is 2.11 bits per heavy atom. The summed E-state index contributed by atoms with van der Waals surface area (Å²) in [5.74, 6) is 0. The van der Waals surface area contributed by atoms with Crippen molar-refractivity contribution in [1.82, 2.24) is 0 Å². The Labute approximate surface area is 114 Å². The van der Waals surface area contributed by atoms with Gasteiger partial charge in [-0.3, -0.25) is 9.36 Å². The molecule has 0 radical (unpaired) electrons. The number of hydrogen-bond acceptors (Lipinski definition) is 4. The van der Waals surface area contributed by atoms with Gasteiger partial charge in [-0.2, -0.15) is 0 Å². The molecule has 0 N–H and O–H groups in total. The molecule has 0 amide bonds. The Bertz CT molecular complexity index is 458. The number of rotatable bonds is 8. The summed E-state index contributed by atoms with van der Waals surface area (Å²) in [4.78, 5) is 12.4. The van der Waals surface area contributed by atoms with Crippen LogP contribution in [-0.4, -0.2) is 18.7 Å². The lowest BCUT2D eigenvalue weighted by Gasteiger charge is -2.17. The topological polar surface area (TPSA) is 52.6 Å². The summed E-state index contributed by atoms with van der Waals surface area (Å²) in [6.07, 6.45) is 1.36. The average molecular weight is 284 g/mol. The van der Waals surface area contributed by atoms with Crippen molar-refractivity contribution >= 4 is 13.1 Å². The quantitative estimate of drug-likeness (QED) is 0.672. The van der Waals surface area contributed by atoms with Crippen LogP contribution in [0.4, 0.5) is 0 Å². The van der Waals surface area contributed by atoms with Crippen molar-refractivity contribution < 1.29 is 18.4 Å². The first-order valence-corrected chi connectivity index (χ1v) is 8.09. The first-order chi connectivity index (χ1) is 9.05. The van der Waals surface area contributed by atoms with Crippen molar-refractivity contribution in [3.63, 3.8) is 0 Å². The van der Waals surface area contributed by atoms with E-state index in [-0.39, 0.29) is 13.2 Å². The molecule has 0 bridgehead atoms. The highest BCUT2D eigenvalue weighted by Gasteiger charge is 2.36. The second kappa shape index (κ2) is 7.59. The molecule has 0 aliphatic heterocycles. The van der Waals surface area contributed by atoms with Gasteiger partial charge in [0.15, 0.2) is 0 Å². The third-order valence-electron chi connectivity index (χ3n) is 2.55. The van der Waals surface area contributed by atoms with Gasteiger partial charge in [0.05, 0.1) is 13.2 Å². The Balaban J connectivity index is 3.00. The molecule has 0 aliphatic carbocycles. The molecule has 1 rings (SSSR count). The highest BCUT2D eigenvalue weighted by atomic mass is 31.2. The fraction of sp³-hybridized carbons (Fsp3) is 0.500. The van der Waals surface area contributed by atoms with E-state index in [0.717, 1.165) is 5.56 Å². The van der Waals surface area contributed by atoms with E-state index in [4.69, 9.17) is 9.05 Å². The van der Waals surface area contributed by atoms with Crippen molar-refractivity contribution in [2.45, 2.75) is 33.6 Å². The highest BCUT2D eigenvalue weighted by Crippen LogP contribution is 2.51. The van der Waals surface area contributed by atoms with E-state index in [9.17, 15) is 9.36 Å². The van der Waals surface area contributed by atoms with E-state index in [1.54, 1.807) is 25.1 Å². The molecule has 0 fully saturated rings. The summed E-state index contributed by atoms with van der Waals surface area (Å²) >= 11 is 0. The van der Waals surface area contributed by atoms with Crippen molar-refractivity contribution in [2.24, 2.45) is 0 Å². The van der Waals surface area contributed by atoms with Crippen LogP contribution in [0.3, 0.4) is 0 Å². The summed E-state index contributed by atoms with van der Waals surface area (Å²) < 4.78 is 23.1. The second-order valence-corrected chi connectivity index (χ2v) is 6.20. The summed E-state index contributed by atoms with van der Waals surface area (Å²) in [5.41, 5.74) is 0.624. The third kappa shape index (κ3) is 4.27. The SMILES string of the molecule is CCCOP(=O)(OCCC)C(=O)c1ccccc1C. The van der Waals surface area contributed by atoms with Crippen molar-refractivity contribution in [2.75, 3.05) is 13.2 Å². The molecule has 0 atom stereocenters. The van der Waals surface area contributed by atoms with Gasteiger partial charge in [0.1, 0.15) is 0 Å². The van der Waals surface area contributed by atoms with Gasteiger partial charge in [0.25, 0.3) is 5.52 Å². The smallest absolute Gasteiger partial charge is 0.303 e. The van der Waals surface area contributed by atoms with Crippen LogP contribution in [-0.2, 0) is 13.6 Å². The van der Waals surface area contributed by atoms with Gasteiger partial charge < -0.3 is 9.05 Å². The fourth-order valence-corrected chi connectivity index (χ4v) is 3.24. The fourth-order valence-electron chi connectivity index (χ4n) is 1.54. The summed E-state index contributed by atoms with van der Waals surface area (Å²) in [7, 11) is -3.73. The standard InChI is InChI=1S/C14H21O4P/c1-4-10-17-19(16,18-11-5-2)14(15)13-9-7-6-8-12(13)3/h6-9H,4-5,10-11H2,1-3H3. The van der Waals surface area contributed by atoms with E-state index in [1.807, 2.05) is 19.9 Å². The normalized spacial score (nSPS) is 11.5. The Morgan fingerprint density at radius 1 is 1.11 bits per heavy atom. The molecule has 1 aromatic carbocycles. The Kier molecular flexibility index (Phi) is 6.43. The van der Waals surface area contributed by atoms with Crippen LogP contribution in [0, 0.1) is 6.92 Å². The predicted molar refractivity (Wildman–Crippen MR) is 75.6 cm³/mol. The monoisotopic (exact) mass is 284 g/mol. The zero-order chi connectivity index (χ0) is 14.3. The minimum atomic E-state index is -3.73. The van der Waals surface area contributed by atoms with E-state index in [2.05, 4.69) is 0 Å². The first kappa shape index (κ1) is 16.1. The minimum Gasteiger partial charge on any atom is -0.303 e. The van der Waals surface area contributed by atoms with Gasteiger partial charge in [0.2, 0.25) is 0 Å². The Morgan fingerprint density at radius 2 is 1.63 bits per heavy atom. The van der Waals surface area contributed by atoms with Gasteiger partial charge in [-0.1, -0.05) is 38.1 Å². The molecular weight excluding hydrogens is 263 g/mol. The molecule has 0 aliphatic rings. The van der Waals surface area contributed by atoms with Gasteiger partial charge in [-0.05, 0) is 25.3 Å². The zero-order valence-electron chi connectivity index (χ0n) is 11.7. The lowest BCUT2D eigenvalue weighted by molar-refractivity contribution is 0.0993. The predicted octanol–water partition coefficient (Wildman–Crippen LogP) is 4.18. The molecule has 5 heteroatoms. The maximum Gasteiger partial charge on any atom is 0.401 e. The van der Waals surface area contributed by atoms with E-state index < -0.39 is 13.1 Å². The molecule has 0 saturated carbocycles. The minimum absolute atomic E-state index is 0.249. The first-order valence-electron chi connectivity index (χ1n) is 6.54. The maximum atomic E-state index is 12.6. The van der Waals surface area contributed by atoms with Crippen LogP contribution in [0.15, 0.2) is 24.3 Å². The van der Waals surface area contributed by atoms with Gasteiger partial charge in [-0.15, -0.1) is 0 Å². The van der Waals surface area contributed by atoms with Crippen molar-refractivity contribution in [3.8, 4) is 0 Å². The lowest BCUT2D eigenvalue weighted by Crippen LogP contribution is -2.10. The maximum absolute atomic E-state index is 12.6. The van der Waals surface area contributed by atoms with Gasteiger partial charge >= 0.3 is 7.60 Å². The lowest BCUT2D eigenvalue weighted by atomic mass is 10.1. The number of hydrogen-bond donors (Lipinski definition) is 0. The molecule has 19 heavy (non-hydrogen) atoms. The molecule has 4 nitrogen and oxygen atoms in total. The molecule has 0 saturated heterocycles.